The number of amides is 1. The Kier molecular flexibility index (Phi) is 4.62. The quantitative estimate of drug-likeness (QED) is 0.325. The topological polar surface area (TPSA) is 99.0 Å². The fourth-order valence-electron chi connectivity index (χ4n) is 1.18. The van der Waals surface area contributed by atoms with Crippen LogP contribution >= 0.6 is 0 Å². The Bertz CT molecular complexity index is 503. The molecule has 0 fully saturated rings. The first kappa shape index (κ1) is 13.4. The highest BCUT2D eigenvalue weighted by atomic mass is 16.4. The SMILES string of the molecule is C/C(=N/O)c1ccc(NC(=O)/C=C/C(=O)O)cc1. The maximum Gasteiger partial charge on any atom is 0.328 e. The molecule has 1 aromatic rings. The van der Waals surface area contributed by atoms with Crippen molar-refractivity contribution in [1.29, 1.82) is 0 Å². The summed E-state index contributed by atoms with van der Waals surface area (Å²) in [6.07, 6.45) is 1.68. The summed E-state index contributed by atoms with van der Waals surface area (Å²) < 4.78 is 0. The number of aliphatic carboxylic acids is 1. The van der Waals surface area contributed by atoms with Gasteiger partial charge in [0.05, 0.1) is 5.71 Å². The molecule has 0 saturated heterocycles. The Balaban J connectivity index is 2.70. The highest BCUT2D eigenvalue weighted by molar-refractivity contribution is 6.03. The van der Waals surface area contributed by atoms with Crippen LogP contribution in [0.15, 0.2) is 41.6 Å². The smallest absolute Gasteiger partial charge is 0.328 e. The van der Waals surface area contributed by atoms with Gasteiger partial charge in [0.25, 0.3) is 0 Å². The van der Waals surface area contributed by atoms with E-state index in [2.05, 4.69) is 10.5 Å². The van der Waals surface area contributed by atoms with Crippen LogP contribution in [-0.4, -0.2) is 27.9 Å². The summed E-state index contributed by atoms with van der Waals surface area (Å²) in [4.78, 5) is 21.5. The lowest BCUT2D eigenvalue weighted by atomic mass is 10.1. The maximum atomic E-state index is 11.3. The van der Waals surface area contributed by atoms with Crippen LogP contribution in [0.1, 0.15) is 12.5 Å². The predicted octanol–water partition coefficient (Wildman–Crippen LogP) is 1.46. The van der Waals surface area contributed by atoms with Crippen molar-refractivity contribution < 1.29 is 19.9 Å². The van der Waals surface area contributed by atoms with Gasteiger partial charge >= 0.3 is 5.97 Å². The second-order valence-electron chi connectivity index (χ2n) is 3.42. The lowest BCUT2D eigenvalue weighted by Crippen LogP contribution is -2.08. The summed E-state index contributed by atoms with van der Waals surface area (Å²) in [5, 5.41) is 22.5. The first-order chi connectivity index (χ1) is 8.52. The monoisotopic (exact) mass is 248 g/mol. The number of carbonyl (C=O) groups is 2. The van der Waals surface area contributed by atoms with Crippen molar-refractivity contribution >= 4 is 23.3 Å². The van der Waals surface area contributed by atoms with Gasteiger partial charge in [-0.1, -0.05) is 17.3 Å². The van der Waals surface area contributed by atoms with Crippen molar-refractivity contribution in [3.8, 4) is 0 Å². The lowest BCUT2D eigenvalue weighted by Gasteiger charge is -2.03. The number of rotatable bonds is 4. The fraction of sp³-hybridized carbons (Fsp3) is 0.0833. The van der Waals surface area contributed by atoms with Crippen LogP contribution in [0.4, 0.5) is 5.69 Å². The van der Waals surface area contributed by atoms with Gasteiger partial charge in [-0.2, -0.15) is 0 Å². The summed E-state index contributed by atoms with van der Waals surface area (Å²) in [7, 11) is 0. The van der Waals surface area contributed by atoms with Gasteiger partial charge in [-0.05, 0) is 24.6 Å². The third kappa shape index (κ3) is 4.09. The number of carboxylic acid groups (broad SMARTS) is 1. The van der Waals surface area contributed by atoms with Crippen LogP contribution in [0.5, 0.6) is 0 Å². The molecule has 0 bridgehead atoms. The first-order valence-corrected chi connectivity index (χ1v) is 5.04. The zero-order valence-corrected chi connectivity index (χ0v) is 9.62. The molecule has 0 aromatic heterocycles. The van der Waals surface area contributed by atoms with Crippen molar-refractivity contribution in [3.05, 3.63) is 42.0 Å². The molecule has 0 aliphatic rings. The standard InChI is InChI=1S/C12H12N2O4/c1-8(14-18)9-2-4-10(5-3-9)13-11(15)6-7-12(16)17/h2-7,18H,1H3,(H,13,15)(H,16,17)/b7-6+,14-8-. The number of carbonyl (C=O) groups excluding carboxylic acids is 1. The van der Waals surface area contributed by atoms with Crippen molar-refractivity contribution in [2.24, 2.45) is 5.16 Å². The predicted molar refractivity (Wildman–Crippen MR) is 65.8 cm³/mol. The van der Waals surface area contributed by atoms with Crippen LogP contribution in [0.3, 0.4) is 0 Å². The Hall–Kier alpha value is -2.63. The molecule has 1 rings (SSSR count). The van der Waals surface area contributed by atoms with Gasteiger partial charge in [-0.3, -0.25) is 4.79 Å². The third-order valence-corrected chi connectivity index (χ3v) is 2.10. The summed E-state index contributed by atoms with van der Waals surface area (Å²) in [6.45, 7) is 1.64. The summed E-state index contributed by atoms with van der Waals surface area (Å²) >= 11 is 0. The van der Waals surface area contributed by atoms with Crippen molar-refractivity contribution in [2.75, 3.05) is 5.32 Å². The average molecular weight is 248 g/mol. The second-order valence-corrected chi connectivity index (χ2v) is 3.42. The second kappa shape index (κ2) is 6.19. The molecular formula is C12H12N2O4. The number of nitrogens with zero attached hydrogens (tertiary/aromatic N) is 1. The molecule has 94 valence electrons. The van der Waals surface area contributed by atoms with Crippen LogP contribution in [0.25, 0.3) is 0 Å². The summed E-state index contributed by atoms with van der Waals surface area (Å²) in [6, 6.07) is 6.59. The molecule has 0 radical (unpaired) electrons. The average Bonchev–Trinajstić information content (AvgIpc) is 2.36. The number of oxime groups is 1. The Labute approximate surface area is 103 Å². The highest BCUT2D eigenvalue weighted by Gasteiger charge is 2.01. The minimum Gasteiger partial charge on any atom is -0.478 e. The van der Waals surface area contributed by atoms with E-state index in [9.17, 15) is 9.59 Å². The number of anilines is 1. The number of hydrogen-bond donors (Lipinski definition) is 3. The molecule has 3 N–H and O–H groups in total. The van der Waals surface area contributed by atoms with E-state index in [1.54, 1.807) is 31.2 Å². The Morgan fingerprint density at radius 3 is 2.33 bits per heavy atom. The number of hydrogen-bond acceptors (Lipinski definition) is 4. The lowest BCUT2D eigenvalue weighted by molar-refractivity contribution is -0.131. The molecule has 0 unspecified atom stereocenters. The van der Waals surface area contributed by atoms with Gasteiger partial charge in [-0.25, -0.2) is 4.79 Å². The van der Waals surface area contributed by atoms with E-state index in [0.29, 0.717) is 11.4 Å². The normalized spacial score (nSPS) is 11.5. The number of benzene rings is 1. The molecule has 0 saturated carbocycles. The molecule has 0 atom stereocenters. The van der Waals surface area contributed by atoms with Gasteiger partial charge in [0.2, 0.25) is 5.91 Å². The van der Waals surface area contributed by atoms with E-state index >= 15 is 0 Å². The van der Waals surface area contributed by atoms with Crippen LogP contribution < -0.4 is 5.32 Å². The van der Waals surface area contributed by atoms with E-state index in [1.807, 2.05) is 0 Å². The van der Waals surface area contributed by atoms with E-state index in [-0.39, 0.29) is 0 Å². The zero-order valence-electron chi connectivity index (χ0n) is 9.62. The van der Waals surface area contributed by atoms with Gasteiger partial charge in [0.15, 0.2) is 0 Å². The molecule has 0 heterocycles. The molecule has 18 heavy (non-hydrogen) atoms. The van der Waals surface area contributed by atoms with Gasteiger partial charge in [-0.15, -0.1) is 0 Å². The van der Waals surface area contributed by atoms with E-state index < -0.39 is 11.9 Å². The third-order valence-electron chi connectivity index (χ3n) is 2.10. The fourth-order valence-corrected chi connectivity index (χ4v) is 1.18. The minimum absolute atomic E-state index is 0.457. The molecule has 0 spiro atoms. The number of carboxylic acids is 1. The van der Waals surface area contributed by atoms with Crippen molar-refractivity contribution in [3.63, 3.8) is 0 Å². The minimum atomic E-state index is -1.18. The highest BCUT2D eigenvalue weighted by Crippen LogP contribution is 2.10. The molecule has 0 aliphatic heterocycles. The number of nitrogens with one attached hydrogen (secondary N) is 1. The Morgan fingerprint density at radius 1 is 1.22 bits per heavy atom. The van der Waals surface area contributed by atoms with E-state index in [0.717, 1.165) is 17.7 Å². The van der Waals surface area contributed by atoms with Crippen LogP contribution in [-0.2, 0) is 9.59 Å². The largest absolute Gasteiger partial charge is 0.478 e. The van der Waals surface area contributed by atoms with Crippen LogP contribution in [0.2, 0.25) is 0 Å². The molecule has 6 heteroatoms. The van der Waals surface area contributed by atoms with Gasteiger partial charge in [0, 0.05) is 17.8 Å². The first-order valence-electron chi connectivity index (χ1n) is 5.04. The summed E-state index contributed by atoms with van der Waals surface area (Å²) in [5.74, 6) is -1.71. The van der Waals surface area contributed by atoms with E-state index in [1.165, 1.54) is 0 Å². The van der Waals surface area contributed by atoms with Gasteiger partial charge < -0.3 is 15.6 Å². The molecule has 1 aromatic carbocycles. The molecule has 1 amide bonds. The molecule has 0 aliphatic carbocycles. The Morgan fingerprint density at radius 2 is 1.83 bits per heavy atom. The maximum absolute atomic E-state index is 11.3. The van der Waals surface area contributed by atoms with E-state index in [4.69, 9.17) is 10.3 Å². The van der Waals surface area contributed by atoms with Crippen LogP contribution in [0, 0.1) is 0 Å². The van der Waals surface area contributed by atoms with Crippen molar-refractivity contribution in [2.45, 2.75) is 6.92 Å². The molecule has 6 nitrogen and oxygen atoms in total. The van der Waals surface area contributed by atoms with Gasteiger partial charge in [0.1, 0.15) is 0 Å². The zero-order chi connectivity index (χ0) is 13.5. The van der Waals surface area contributed by atoms with Crippen molar-refractivity contribution in [1.82, 2.24) is 0 Å². The summed E-state index contributed by atoms with van der Waals surface area (Å²) in [5.41, 5.74) is 1.69. The molecular weight excluding hydrogens is 236 g/mol.